The van der Waals surface area contributed by atoms with Crippen LogP contribution >= 0.6 is 34.8 Å². The predicted octanol–water partition coefficient (Wildman–Crippen LogP) is 3.96. The lowest BCUT2D eigenvalue weighted by molar-refractivity contribution is 0.601. The highest BCUT2D eigenvalue weighted by Crippen LogP contribution is 2.12. The zero-order valence-corrected chi connectivity index (χ0v) is 8.18. The van der Waals surface area contributed by atoms with Gasteiger partial charge in [-0.25, -0.2) is 0 Å². The topological polar surface area (TPSA) is 0 Å². The van der Waals surface area contributed by atoms with Crippen LogP contribution in [0.2, 0.25) is 0 Å². The number of hydrogen-bond acceptors (Lipinski definition) is 0. The smallest absolute Gasteiger partial charge is 0.102 e. The quantitative estimate of drug-likeness (QED) is 0.604. The molecule has 0 fully saturated rings. The second kappa shape index (κ2) is 6.33. The van der Waals surface area contributed by atoms with Gasteiger partial charge in [0, 0.05) is 5.88 Å². The summed E-state index contributed by atoms with van der Waals surface area (Å²) in [6.07, 6.45) is 3.76. The molecule has 0 saturated carbocycles. The molecular formula is C7H11Cl3. The van der Waals surface area contributed by atoms with Crippen molar-refractivity contribution in [2.75, 3.05) is 5.88 Å². The number of hydrogen-bond donors (Lipinski definition) is 0. The molecule has 0 rings (SSSR count). The fourth-order valence-corrected chi connectivity index (χ4v) is 0.927. The van der Waals surface area contributed by atoms with Crippen LogP contribution in [0.25, 0.3) is 0 Å². The molecule has 0 aromatic heterocycles. The van der Waals surface area contributed by atoms with E-state index in [4.69, 9.17) is 34.8 Å². The second-order valence-corrected chi connectivity index (χ2v) is 3.65. The van der Waals surface area contributed by atoms with E-state index in [0.29, 0.717) is 16.3 Å². The molecule has 0 N–H and O–H groups in total. The maximum Gasteiger partial charge on any atom is 0.102 e. The molecule has 0 aliphatic rings. The van der Waals surface area contributed by atoms with Crippen LogP contribution in [0.4, 0.5) is 0 Å². The fraction of sp³-hybridized carbons (Fsp3) is 0.714. The van der Waals surface area contributed by atoms with Crippen molar-refractivity contribution in [1.29, 1.82) is 0 Å². The summed E-state index contributed by atoms with van der Waals surface area (Å²) in [6, 6.07) is 0. The van der Waals surface area contributed by atoms with Crippen LogP contribution in [-0.2, 0) is 0 Å². The van der Waals surface area contributed by atoms with Crippen molar-refractivity contribution in [3.8, 4) is 0 Å². The van der Waals surface area contributed by atoms with Gasteiger partial charge >= 0.3 is 0 Å². The van der Waals surface area contributed by atoms with Crippen LogP contribution < -0.4 is 0 Å². The molecule has 3 heteroatoms. The average Bonchev–Trinajstić information content (AvgIpc) is 1.87. The molecule has 10 heavy (non-hydrogen) atoms. The summed E-state index contributed by atoms with van der Waals surface area (Å²) >= 11 is 16.4. The minimum Gasteiger partial charge on any atom is -0.126 e. The Labute approximate surface area is 77.1 Å². The predicted molar refractivity (Wildman–Crippen MR) is 48.9 cm³/mol. The van der Waals surface area contributed by atoms with Crippen molar-refractivity contribution in [2.45, 2.75) is 19.8 Å². The molecule has 0 aromatic carbocycles. The first-order chi connectivity index (χ1) is 4.66. The highest BCUT2D eigenvalue weighted by molar-refractivity contribution is 6.55. The summed E-state index contributed by atoms with van der Waals surface area (Å²) in [4.78, 5) is 0. The molecule has 0 aromatic rings. The van der Waals surface area contributed by atoms with Crippen molar-refractivity contribution < 1.29 is 0 Å². The summed E-state index contributed by atoms with van der Waals surface area (Å²) in [6.45, 7) is 2.10. The third kappa shape index (κ3) is 6.73. The lowest BCUT2D eigenvalue weighted by Crippen LogP contribution is -1.93. The van der Waals surface area contributed by atoms with Gasteiger partial charge in [0.2, 0.25) is 0 Å². The van der Waals surface area contributed by atoms with Gasteiger partial charge in [-0.05, 0) is 18.8 Å². The first-order valence-electron chi connectivity index (χ1n) is 3.24. The molecule has 0 heterocycles. The van der Waals surface area contributed by atoms with Crippen molar-refractivity contribution in [1.82, 2.24) is 0 Å². The molecule has 60 valence electrons. The van der Waals surface area contributed by atoms with Gasteiger partial charge in [0.1, 0.15) is 4.49 Å². The molecule has 0 aliphatic carbocycles. The van der Waals surface area contributed by atoms with Crippen LogP contribution in [0.3, 0.4) is 0 Å². The minimum atomic E-state index is 0.349. The van der Waals surface area contributed by atoms with Gasteiger partial charge in [0.05, 0.1) is 0 Å². The maximum atomic E-state index is 5.58. The largest absolute Gasteiger partial charge is 0.126 e. The summed E-state index contributed by atoms with van der Waals surface area (Å²) < 4.78 is 0.349. The molecule has 0 amide bonds. The van der Waals surface area contributed by atoms with E-state index in [0.717, 1.165) is 12.8 Å². The Morgan fingerprint density at radius 3 is 2.50 bits per heavy atom. The fourth-order valence-electron chi connectivity index (χ4n) is 0.554. The number of alkyl halides is 1. The van der Waals surface area contributed by atoms with Crippen LogP contribution in [0.15, 0.2) is 10.6 Å². The summed E-state index contributed by atoms with van der Waals surface area (Å²) in [5.41, 5.74) is 0. The van der Waals surface area contributed by atoms with Crippen LogP contribution in [0.1, 0.15) is 19.8 Å². The van der Waals surface area contributed by atoms with E-state index in [9.17, 15) is 0 Å². The average molecular weight is 202 g/mol. The van der Waals surface area contributed by atoms with Crippen LogP contribution in [0.5, 0.6) is 0 Å². The van der Waals surface area contributed by atoms with E-state index in [1.807, 2.05) is 0 Å². The standard InChI is InChI=1S/C7H11Cl3/c1-6(5-8)3-2-4-7(9)10/h4,6H,2-3,5H2,1H3. The van der Waals surface area contributed by atoms with E-state index < -0.39 is 0 Å². The Morgan fingerprint density at radius 1 is 1.50 bits per heavy atom. The van der Waals surface area contributed by atoms with E-state index >= 15 is 0 Å². The third-order valence-corrected chi connectivity index (χ3v) is 2.06. The molecule has 1 unspecified atom stereocenters. The maximum absolute atomic E-state index is 5.58. The van der Waals surface area contributed by atoms with E-state index in [1.165, 1.54) is 0 Å². The zero-order chi connectivity index (χ0) is 7.98. The van der Waals surface area contributed by atoms with Crippen molar-refractivity contribution in [3.63, 3.8) is 0 Å². The molecule has 0 saturated heterocycles. The lowest BCUT2D eigenvalue weighted by Gasteiger charge is -2.02. The summed E-state index contributed by atoms with van der Waals surface area (Å²) in [7, 11) is 0. The molecule has 0 bridgehead atoms. The zero-order valence-electron chi connectivity index (χ0n) is 5.91. The molecule has 0 radical (unpaired) electrons. The lowest BCUT2D eigenvalue weighted by atomic mass is 10.1. The normalized spacial score (nSPS) is 12.8. The Hall–Kier alpha value is 0.610. The van der Waals surface area contributed by atoms with Crippen molar-refractivity contribution in [2.24, 2.45) is 5.92 Å². The van der Waals surface area contributed by atoms with Crippen molar-refractivity contribution >= 4 is 34.8 Å². The van der Waals surface area contributed by atoms with Crippen LogP contribution in [0, 0.1) is 5.92 Å². The molecule has 1 atom stereocenters. The minimum absolute atomic E-state index is 0.349. The van der Waals surface area contributed by atoms with Gasteiger partial charge in [-0.1, -0.05) is 36.2 Å². The van der Waals surface area contributed by atoms with Gasteiger partial charge in [-0.15, -0.1) is 11.6 Å². The number of allylic oxidation sites excluding steroid dienone is 1. The number of rotatable bonds is 4. The monoisotopic (exact) mass is 200 g/mol. The van der Waals surface area contributed by atoms with E-state index in [2.05, 4.69) is 6.92 Å². The Bertz CT molecular complexity index is 105. The van der Waals surface area contributed by atoms with Gasteiger partial charge in [0.25, 0.3) is 0 Å². The second-order valence-electron chi connectivity index (χ2n) is 2.33. The Morgan fingerprint density at radius 2 is 2.10 bits per heavy atom. The highest BCUT2D eigenvalue weighted by Gasteiger charge is 1.97. The molecular weight excluding hydrogens is 190 g/mol. The van der Waals surface area contributed by atoms with E-state index in [-0.39, 0.29) is 0 Å². The Kier molecular flexibility index (Phi) is 6.71. The van der Waals surface area contributed by atoms with Gasteiger partial charge in [0.15, 0.2) is 0 Å². The van der Waals surface area contributed by atoms with E-state index in [1.54, 1.807) is 6.08 Å². The van der Waals surface area contributed by atoms with Crippen molar-refractivity contribution in [3.05, 3.63) is 10.6 Å². The van der Waals surface area contributed by atoms with Gasteiger partial charge in [-0.2, -0.15) is 0 Å². The third-order valence-electron chi connectivity index (χ3n) is 1.22. The SMILES string of the molecule is CC(CCl)CCC=C(Cl)Cl. The summed E-state index contributed by atoms with van der Waals surface area (Å²) in [5, 5.41) is 0. The summed E-state index contributed by atoms with van der Waals surface area (Å²) in [5.74, 6) is 1.25. The molecule has 0 aliphatic heterocycles. The Balaban J connectivity index is 3.28. The van der Waals surface area contributed by atoms with Crippen LogP contribution in [-0.4, -0.2) is 5.88 Å². The molecule has 0 spiro atoms. The van der Waals surface area contributed by atoms with Gasteiger partial charge < -0.3 is 0 Å². The highest BCUT2D eigenvalue weighted by atomic mass is 35.5. The number of halogens is 3. The first kappa shape index (κ1) is 10.6. The molecule has 0 nitrogen and oxygen atoms in total. The van der Waals surface area contributed by atoms with Gasteiger partial charge in [-0.3, -0.25) is 0 Å². The first-order valence-corrected chi connectivity index (χ1v) is 4.53.